The molecule has 1 aromatic heterocycles. The quantitative estimate of drug-likeness (QED) is 0.615. The predicted octanol–water partition coefficient (Wildman–Crippen LogP) is 1.57. The van der Waals surface area contributed by atoms with E-state index in [0.717, 1.165) is 5.56 Å². The number of hydrogen-bond donors (Lipinski definition) is 2. The van der Waals surface area contributed by atoms with Crippen molar-refractivity contribution in [2.75, 3.05) is 19.0 Å². The first-order valence-corrected chi connectivity index (χ1v) is 9.65. The summed E-state index contributed by atoms with van der Waals surface area (Å²) in [7, 11) is 1.55. The molecule has 1 saturated heterocycles. The Kier molecular flexibility index (Phi) is 6.66. The Morgan fingerprint density at radius 2 is 2.07 bits per heavy atom. The number of nitrogens with zero attached hydrogens (tertiary/aromatic N) is 3. The third-order valence-corrected chi connectivity index (χ3v) is 5.03. The van der Waals surface area contributed by atoms with Gasteiger partial charge >= 0.3 is 6.03 Å². The van der Waals surface area contributed by atoms with Crippen molar-refractivity contribution >= 4 is 34.3 Å². The van der Waals surface area contributed by atoms with Crippen LogP contribution in [0.25, 0.3) is 0 Å². The lowest BCUT2D eigenvalue weighted by atomic mass is 10.1. The van der Waals surface area contributed by atoms with Crippen LogP contribution in [0.4, 0.5) is 9.93 Å². The molecule has 1 aromatic carbocycles. The third kappa shape index (κ3) is 5.11. The van der Waals surface area contributed by atoms with Crippen molar-refractivity contribution in [2.24, 2.45) is 0 Å². The molecule has 2 aromatic rings. The third-order valence-electron chi connectivity index (χ3n) is 4.21. The summed E-state index contributed by atoms with van der Waals surface area (Å²) in [5.41, 5.74) is 1.05. The number of benzene rings is 1. The minimum Gasteiger partial charge on any atom is -0.377 e. The van der Waals surface area contributed by atoms with Crippen LogP contribution in [0, 0.1) is 0 Å². The maximum atomic E-state index is 12.5. The molecule has 0 unspecified atom stereocenters. The number of anilines is 1. The van der Waals surface area contributed by atoms with E-state index in [1.165, 1.54) is 16.2 Å². The largest absolute Gasteiger partial charge is 0.377 e. The van der Waals surface area contributed by atoms with Crippen LogP contribution in [-0.2, 0) is 27.4 Å². The van der Waals surface area contributed by atoms with Crippen LogP contribution in [0.3, 0.4) is 0 Å². The molecule has 1 aliphatic rings. The van der Waals surface area contributed by atoms with Gasteiger partial charge in [0, 0.05) is 20.1 Å². The van der Waals surface area contributed by atoms with Crippen molar-refractivity contribution < 1.29 is 19.1 Å². The molecule has 0 bridgehead atoms. The highest BCUT2D eigenvalue weighted by Crippen LogP contribution is 2.17. The Hall–Kier alpha value is -2.85. The standard InChI is InChI=1S/C18H21N5O4S/c1-27-11-15-21-22-17(28-15)20-14(24)8-7-13-16(25)23(18(26)19-13)10-9-12-5-3-2-4-6-12/h2-6,13H,7-11H2,1H3,(H,19,26)(H,20,22,24)/t13-/m1/s1. The first-order chi connectivity index (χ1) is 13.6. The fraction of sp³-hybridized carbons (Fsp3) is 0.389. The van der Waals surface area contributed by atoms with Crippen LogP contribution in [0.15, 0.2) is 30.3 Å². The summed E-state index contributed by atoms with van der Waals surface area (Å²) >= 11 is 1.23. The summed E-state index contributed by atoms with van der Waals surface area (Å²) in [6, 6.07) is 8.54. The Labute approximate surface area is 166 Å². The van der Waals surface area contributed by atoms with Gasteiger partial charge in [0.25, 0.3) is 5.91 Å². The van der Waals surface area contributed by atoms with Crippen LogP contribution < -0.4 is 10.6 Å². The van der Waals surface area contributed by atoms with Crippen LogP contribution in [0.5, 0.6) is 0 Å². The number of urea groups is 1. The second-order valence-corrected chi connectivity index (χ2v) is 7.31. The Morgan fingerprint density at radius 1 is 1.29 bits per heavy atom. The minimum absolute atomic E-state index is 0.0857. The summed E-state index contributed by atoms with van der Waals surface area (Å²) in [5, 5.41) is 14.1. The molecule has 0 spiro atoms. The van der Waals surface area contributed by atoms with Gasteiger partial charge in [0.15, 0.2) is 0 Å². The van der Waals surface area contributed by atoms with Gasteiger partial charge < -0.3 is 15.4 Å². The van der Waals surface area contributed by atoms with E-state index in [9.17, 15) is 14.4 Å². The molecule has 1 atom stereocenters. The molecule has 3 rings (SSSR count). The molecule has 148 valence electrons. The molecule has 0 radical (unpaired) electrons. The highest BCUT2D eigenvalue weighted by atomic mass is 32.1. The second-order valence-electron chi connectivity index (χ2n) is 6.25. The van der Waals surface area contributed by atoms with E-state index in [1.54, 1.807) is 7.11 Å². The van der Waals surface area contributed by atoms with Gasteiger partial charge in [0.2, 0.25) is 11.0 Å². The van der Waals surface area contributed by atoms with Gasteiger partial charge in [-0.25, -0.2) is 4.79 Å². The first kappa shape index (κ1) is 19.9. The highest BCUT2D eigenvalue weighted by Gasteiger charge is 2.37. The van der Waals surface area contributed by atoms with E-state index >= 15 is 0 Å². The van der Waals surface area contributed by atoms with Crippen molar-refractivity contribution in [1.29, 1.82) is 0 Å². The molecule has 2 N–H and O–H groups in total. The molecule has 28 heavy (non-hydrogen) atoms. The summed E-state index contributed by atoms with van der Waals surface area (Å²) in [6.07, 6.45) is 0.901. The lowest BCUT2D eigenvalue weighted by Gasteiger charge is -2.12. The number of nitrogens with one attached hydrogen (secondary N) is 2. The topological polar surface area (TPSA) is 114 Å². The maximum absolute atomic E-state index is 12.5. The van der Waals surface area contributed by atoms with E-state index in [4.69, 9.17) is 4.74 Å². The average molecular weight is 403 g/mol. The van der Waals surface area contributed by atoms with Crippen molar-refractivity contribution in [3.05, 3.63) is 40.9 Å². The molecule has 1 fully saturated rings. The minimum atomic E-state index is -0.688. The number of carbonyl (C=O) groups excluding carboxylic acids is 3. The van der Waals surface area contributed by atoms with E-state index in [2.05, 4.69) is 20.8 Å². The van der Waals surface area contributed by atoms with Crippen LogP contribution >= 0.6 is 11.3 Å². The lowest BCUT2D eigenvalue weighted by molar-refractivity contribution is -0.127. The van der Waals surface area contributed by atoms with Gasteiger partial charge in [-0.1, -0.05) is 41.7 Å². The SMILES string of the molecule is COCc1nnc(NC(=O)CC[C@H]2NC(=O)N(CCc3ccccc3)C2=O)s1. The molecule has 1 aliphatic heterocycles. The van der Waals surface area contributed by atoms with Crippen molar-refractivity contribution in [1.82, 2.24) is 20.4 Å². The number of aromatic nitrogens is 2. The zero-order chi connectivity index (χ0) is 19.9. The van der Waals surface area contributed by atoms with Gasteiger partial charge in [0.1, 0.15) is 17.7 Å². The molecular formula is C18H21N5O4S. The summed E-state index contributed by atoms with van der Waals surface area (Å²) < 4.78 is 4.95. The summed E-state index contributed by atoms with van der Waals surface area (Å²) in [4.78, 5) is 37.8. The van der Waals surface area contributed by atoms with Crippen molar-refractivity contribution in [3.63, 3.8) is 0 Å². The monoisotopic (exact) mass is 403 g/mol. The number of methoxy groups -OCH3 is 1. The lowest BCUT2D eigenvalue weighted by Crippen LogP contribution is -2.33. The molecule has 4 amide bonds. The Morgan fingerprint density at radius 3 is 2.82 bits per heavy atom. The average Bonchev–Trinajstić information content (AvgIpc) is 3.23. The number of hydrogen-bond acceptors (Lipinski definition) is 7. The molecule has 10 heteroatoms. The second kappa shape index (κ2) is 9.38. The summed E-state index contributed by atoms with van der Waals surface area (Å²) in [5.74, 6) is -0.586. The Balaban J connectivity index is 1.45. The van der Waals surface area contributed by atoms with Crippen LogP contribution in [0.2, 0.25) is 0 Å². The Bertz CT molecular complexity index is 842. The van der Waals surface area contributed by atoms with Gasteiger partial charge in [-0.05, 0) is 18.4 Å². The number of rotatable bonds is 9. The molecule has 0 saturated carbocycles. The van der Waals surface area contributed by atoms with E-state index in [1.807, 2.05) is 30.3 Å². The fourth-order valence-corrected chi connectivity index (χ4v) is 3.54. The van der Waals surface area contributed by atoms with Crippen LogP contribution in [0.1, 0.15) is 23.4 Å². The molecular weight excluding hydrogens is 382 g/mol. The van der Waals surface area contributed by atoms with Gasteiger partial charge in [-0.3, -0.25) is 14.5 Å². The zero-order valence-corrected chi connectivity index (χ0v) is 16.2. The normalized spacial score (nSPS) is 16.3. The number of amides is 4. The van der Waals surface area contributed by atoms with Crippen LogP contribution in [-0.4, -0.2) is 52.6 Å². The predicted molar refractivity (Wildman–Crippen MR) is 103 cm³/mol. The van der Waals surface area contributed by atoms with Crippen molar-refractivity contribution in [2.45, 2.75) is 31.9 Å². The smallest absolute Gasteiger partial charge is 0.324 e. The van der Waals surface area contributed by atoms with Gasteiger partial charge in [-0.15, -0.1) is 10.2 Å². The number of ether oxygens (including phenoxy) is 1. The van der Waals surface area contributed by atoms with E-state index in [-0.39, 0.29) is 24.7 Å². The zero-order valence-electron chi connectivity index (χ0n) is 15.4. The molecule has 9 nitrogen and oxygen atoms in total. The van der Waals surface area contributed by atoms with Crippen molar-refractivity contribution in [3.8, 4) is 0 Å². The highest BCUT2D eigenvalue weighted by molar-refractivity contribution is 7.15. The van der Waals surface area contributed by atoms with Gasteiger partial charge in [0.05, 0.1) is 0 Å². The summed E-state index contributed by atoms with van der Waals surface area (Å²) in [6.45, 7) is 0.638. The molecule has 0 aliphatic carbocycles. The maximum Gasteiger partial charge on any atom is 0.324 e. The van der Waals surface area contributed by atoms with E-state index < -0.39 is 12.1 Å². The van der Waals surface area contributed by atoms with E-state index in [0.29, 0.717) is 29.7 Å². The number of carbonyl (C=O) groups is 3. The first-order valence-electron chi connectivity index (χ1n) is 8.84. The fourth-order valence-electron chi connectivity index (χ4n) is 2.81. The molecule has 2 heterocycles. The number of imide groups is 1. The van der Waals surface area contributed by atoms with Gasteiger partial charge in [-0.2, -0.15) is 0 Å².